The Morgan fingerprint density at radius 3 is 3.06 bits per heavy atom. The van der Waals surface area contributed by atoms with Crippen molar-refractivity contribution in [2.45, 2.75) is 13.0 Å². The molecule has 0 radical (unpaired) electrons. The Bertz CT molecular complexity index is 386. The molecule has 88 valence electrons. The number of ether oxygens (including phenoxy) is 1. The van der Waals surface area contributed by atoms with Crippen LogP contribution >= 0.6 is 23.1 Å². The average Bonchev–Trinajstić information content (AvgIpc) is 2.71. The minimum atomic E-state index is -0.344. The minimum Gasteiger partial charge on any atom is -0.464 e. The summed E-state index contributed by atoms with van der Waals surface area (Å²) in [7, 11) is 1.38. The normalized spacial score (nSPS) is 20.8. The highest BCUT2D eigenvalue weighted by molar-refractivity contribution is 7.99. The van der Waals surface area contributed by atoms with Crippen molar-refractivity contribution in [3.8, 4) is 0 Å². The maximum absolute atomic E-state index is 11.4. The van der Waals surface area contributed by atoms with Gasteiger partial charge in [0.15, 0.2) is 5.69 Å². The molecule has 1 fully saturated rings. The van der Waals surface area contributed by atoms with E-state index in [1.807, 2.05) is 18.7 Å². The predicted octanol–water partition coefficient (Wildman–Crippen LogP) is 1.62. The zero-order valence-electron chi connectivity index (χ0n) is 9.28. The Morgan fingerprint density at radius 1 is 1.62 bits per heavy atom. The second-order valence-corrected chi connectivity index (χ2v) is 5.91. The van der Waals surface area contributed by atoms with Gasteiger partial charge in [-0.1, -0.05) is 0 Å². The van der Waals surface area contributed by atoms with Crippen molar-refractivity contribution in [3.05, 3.63) is 15.6 Å². The molecule has 1 aliphatic heterocycles. The molecule has 0 amide bonds. The number of esters is 1. The summed E-state index contributed by atoms with van der Waals surface area (Å²) in [4.78, 5) is 16.7. The van der Waals surface area contributed by atoms with E-state index in [0.29, 0.717) is 5.69 Å². The standard InChI is InChI=1S/C10H14N2O2S2/c1-6-8(10(13)14-2)12-9(16-6)7-5-15-4-3-11-7/h7,11H,3-5H2,1-2H3. The maximum Gasteiger partial charge on any atom is 0.357 e. The third kappa shape index (κ3) is 2.39. The summed E-state index contributed by atoms with van der Waals surface area (Å²) in [5.74, 6) is 1.82. The monoisotopic (exact) mass is 258 g/mol. The van der Waals surface area contributed by atoms with E-state index in [1.54, 1.807) is 11.3 Å². The van der Waals surface area contributed by atoms with E-state index in [0.717, 1.165) is 27.9 Å². The van der Waals surface area contributed by atoms with Gasteiger partial charge in [0.05, 0.1) is 13.2 Å². The number of nitrogens with one attached hydrogen (secondary N) is 1. The molecule has 0 bridgehead atoms. The largest absolute Gasteiger partial charge is 0.464 e. The van der Waals surface area contributed by atoms with Crippen molar-refractivity contribution in [3.63, 3.8) is 0 Å². The number of nitrogens with zero attached hydrogens (tertiary/aromatic N) is 1. The van der Waals surface area contributed by atoms with E-state index in [2.05, 4.69) is 10.3 Å². The molecular formula is C10H14N2O2S2. The molecule has 2 heterocycles. The summed E-state index contributed by atoms with van der Waals surface area (Å²) >= 11 is 3.49. The van der Waals surface area contributed by atoms with E-state index in [9.17, 15) is 4.79 Å². The van der Waals surface area contributed by atoms with Gasteiger partial charge in [0, 0.05) is 22.9 Å². The van der Waals surface area contributed by atoms with Crippen molar-refractivity contribution in [1.29, 1.82) is 0 Å². The van der Waals surface area contributed by atoms with Crippen LogP contribution in [0.4, 0.5) is 0 Å². The topological polar surface area (TPSA) is 51.2 Å². The third-order valence-electron chi connectivity index (χ3n) is 2.41. The van der Waals surface area contributed by atoms with E-state index < -0.39 is 0 Å². The number of aryl methyl sites for hydroxylation is 1. The molecule has 16 heavy (non-hydrogen) atoms. The summed E-state index contributed by atoms with van der Waals surface area (Å²) < 4.78 is 4.70. The molecule has 0 saturated carbocycles. The van der Waals surface area contributed by atoms with Gasteiger partial charge in [0.2, 0.25) is 0 Å². The molecule has 1 aliphatic rings. The van der Waals surface area contributed by atoms with Crippen LogP contribution in [0.25, 0.3) is 0 Å². The Morgan fingerprint density at radius 2 is 2.44 bits per heavy atom. The number of carbonyl (C=O) groups excluding carboxylic acids is 1. The molecule has 1 aromatic rings. The first-order valence-corrected chi connectivity index (χ1v) is 7.06. The van der Waals surface area contributed by atoms with Gasteiger partial charge in [0.25, 0.3) is 0 Å². The summed E-state index contributed by atoms with van der Waals surface area (Å²) in [6, 6.07) is 0.279. The lowest BCUT2D eigenvalue weighted by Gasteiger charge is -2.20. The number of thiazole rings is 1. The minimum absolute atomic E-state index is 0.279. The fourth-order valence-corrected chi connectivity index (χ4v) is 3.61. The highest BCUT2D eigenvalue weighted by Crippen LogP contribution is 2.27. The molecular weight excluding hydrogens is 244 g/mol. The molecule has 0 aromatic carbocycles. The molecule has 1 saturated heterocycles. The first-order valence-electron chi connectivity index (χ1n) is 5.09. The summed E-state index contributed by atoms with van der Waals surface area (Å²) in [6.07, 6.45) is 0. The highest BCUT2D eigenvalue weighted by atomic mass is 32.2. The lowest BCUT2D eigenvalue weighted by molar-refractivity contribution is 0.0594. The second-order valence-electron chi connectivity index (χ2n) is 3.53. The third-order valence-corrected chi connectivity index (χ3v) is 4.56. The number of aromatic nitrogens is 1. The molecule has 2 rings (SSSR count). The van der Waals surface area contributed by atoms with Crippen LogP contribution in [0.1, 0.15) is 26.4 Å². The lowest BCUT2D eigenvalue weighted by Crippen LogP contribution is -2.30. The van der Waals surface area contributed by atoms with Crippen LogP contribution in [0.3, 0.4) is 0 Å². The number of thioether (sulfide) groups is 1. The first kappa shape index (κ1) is 11.9. The van der Waals surface area contributed by atoms with Crippen LogP contribution in [0.5, 0.6) is 0 Å². The van der Waals surface area contributed by atoms with E-state index in [-0.39, 0.29) is 12.0 Å². The predicted molar refractivity (Wildman–Crippen MR) is 66.3 cm³/mol. The van der Waals surface area contributed by atoms with Crippen molar-refractivity contribution in [2.75, 3.05) is 25.2 Å². The van der Waals surface area contributed by atoms with E-state index in [4.69, 9.17) is 4.74 Å². The average molecular weight is 258 g/mol. The number of hydrogen-bond acceptors (Lipinski definition) is 6. The molecule has 1 aromatic heterocycles. The van der Waals surface area contributed by atoms with E-state index >= 15 is 0 Å². The fourth-order valence-electron chi connectivity index (χ4n) is 1.58. The quantitative estimate of drug-likeness (QED) is 0.817. The summed E-state index contributed by atoms with van der Waals surface area (Å²) in [5.41, 5.74) is 0.458. The SMILES string of the molecule is COC(=O)c1nc(C2CSCCN2)sc1C. The van der Waals surface area contributed by atoms with Gasteiger partial charge < -0.3 is 10.1 Å². The van der Waals surface area contributed by atoms with Gasteiger partial charge in [-0.15, -0.1) is 11.3 Å². The van der Waals surface area contributed by atoms with Gasteiger partial charge in [-0.25, -0.2) is 9.78 Å². The second kappa shape index (κ2) is 5.16. The zero-order chi connectivity index (χ0) is 11.5. The van der Waals surface area contributed by atoms with E-state index in [1.165, 1.54) is 7.11 Å². The molecule has 6 heteroatoms. The molecule has 1 atom stereocenters. The number of rotatable bonds is 2. The van der Waals surface area contributed by atoms with Crippen LogP contribution in [0.2, 0.25) is 0 Å². The Labute approximate surface area is 103 Å². The fraction of sp³-hybridized carbons (Fsp3) is 0.600. The zero-order valence-corrected chi connectivity index (χ0v) is 10.9. The van der Waals surface area contributed by atoms with Crippen LogP contribution in [0, 0.1) is 6.92 Å². The van der Waals surface area contributed by atoms with Crippen LogP contribution < -0.4 is 5.32 Å². The molecule has 1 N–H and O–H groups in total. The smallest absolute Gasteiger partial charge is 0.357 e. The Kier molecular flexibility index (Phi) is 3.83. The molecule has 0 aliphatic carbocycles. The van der Waals surface area contributed by atoms with Crippen molar-refractivity contribution in [1.82, 2.24) is 10.3 Å². The van der Waals surface area contributed by atoms with Gasteiger partial charge in [-0.2, -0.15) is 11.8 Å². The van der Waals surface area contributed by atoms with Crippen molar-refractivity contribution >= 4 is 29.1 Å². The summed E-state index contributed by atoms with van der Waals surface area (Å²) in [6.45, 7) is 2.91. The van der Waals surface area contributed by atoms with Crippen LogP contribution in [0.15, 0.2) is 0 Å². The number of carbonyl (C=O) groups is 1. The van der Waals surface area contributed by atoms with Crippen LogP contribution in [-0.2, 0) is 4.74 Å². The number of methoxy groups -OCH3 is 1. The van der Waals surface area contributed by atoms with Gasteiger partial charge >= 0.3 is 5.97 Å². The van der Waals surface area contributed by atoms with Crippen LogP contribution in [-0.4, -0.2) is 36.1 Å². The van der Waals surface area contributed by atoms with Gasteiger partial charge in [-0.05, 0) is 6.92 Å². The number of hydrogen-bond donors (Lipinski definition) is 1. The maximum atomic E-state index is 11.4. The van der Waals surface area contributed by atoms with Gasteiger partial charge in [0.1, 0.15) is 5.01 Å². The molecule has 0 spiro atoms. The summed E-state index contributed by atoms with van der Waals surface area (Å²) in [5, 5.41) is 4.40. The Hall–Kier alpha value is -0.590. The molecule has 1 unspecified atom stereocenters. The molecule has 4 nitrogen and oxygen atoms in total. The lowest BCUT2D eigenvalue weighted by atomic mass is 10.3. The Balaban J connectivity index is 2.19. The van der Waals surface area contributed by atoms with Crippen molar-refractivity contribution in [2.24, 2.45) is 0 Å². The highest BCUT2D eigenvalue weighted by Gasteiger charge is 2.22. The van der Waals surface area contributed by atoms with Gasteiger partial charge in [-0.3, -0.25) is 0 Å². The first-order chi connectivity index (χ1) is 7.72. The van der Waals surface area contributed by atoms with Crippen molar-refractivity contribution < 1.29 is 9.53 Å².